The summed E-state index contributed by atoms with van der Waals surface area (Å²) in [7, 11) is 0. The fraction of sp³-hybridized carbons (Fsp3) is 0. The van der Waals surface area contributed by atoms with Crippen molar-refractivity contribution in [2.45, 2.75) is 0 Å². The zero-order valence-electron chi connectivity index (χ0n) is 30.3. The first-order valence-electron chi connectivity index (χ1n) is 18.1. The molecule has 0 radical (unpaired) electrons. The molecule has 0 saturated heterocycles. The van der Waals surface area contributed by atoms with Gasteiger partial charge in [-0.25, -0.2) is 0 Å². The summed E-state index contributed by atoms with van der Waals surface area (Å²) in [5, 5.41) is 22.5. The van der Waals surface area contributed by atoms with Crippen molar-refractivity contribution in [2.24, 2.45) is 0 Å². The molecule has 0 amide bonds. The Morgan fingerprint density at radius 1 is 0.333 bits per heavy atom. The van der Waals surface area contributed by atoms with Gasteiger partial charge in [0.05, 0.1) is 0 Å². The molecule has 7 heteroatoms. The van der Waals surface area contributed by atoms with E-state index in [1.807, 2.05) is 152 Å². The first kappa shape index (κ1) is 36.2. The highest BCUT2D eigenvalue weighted by Crippen LogP contribution is 2.56. The Morgan fingerprint density at radius 3 is 1.02 bits per heavy atom. The third-order valence-electron chi connectivity index (χ3n) is 9.13. The highest BCUT2D eigenvalue weighted by molar-refractivity contribution is 6.30. The molecular formula is C50H31ClN2O4. The predicted molar refractivity (Wildman–Crippen MR) is 223 cm³/mol. The summed E-state index contributed by atoms with van der Waals surface area (Å²) in [5.41, 5.74) is 4.74. The van der Waals surface area contributed by atoms with E-state index in [2.05, 4.69) is 12.1 Å². The summed E-state index contributed by atoms with van der Waals surface area (Å²) in [4.78, 5) is 0. The second-order valence-electron chi connectivity index (χ2n) is 12.7. The fourth-order valence-corrected chi connectivity index (χ4v) is 6.57. The van der Waals surface area contributed by atoms with Gasteiger partial charge >= 0.3 is 0 Å². The maximum absolute atomic E-state index is 11.0. The van der Waals surface area contributed by atoms with Gasteiger partial charge in [-0.05, 0) is 59.2 Å². The molecule has 0 aromatic heterocycles. The van der Waals surface area contributed by atoms with Gasteiger partial charge in [-0.1, -0.05) is 157 Å². The summed E-state index contributed by atoms with van der Waals surface area (Å²) in [6, 6.07) is 63.1. The lowest BCUT2D eigenvalue weighted by atomic mass is 10.0. The van der Waals surface area contributed by atoms with Crippen molar-refractivity contribution in [3.05, 3.63) is 204 Å². The Kier molecular flexibility index (Phi) is 10.6. The quantitative estimate of drug-likeness (QED) is 0.131. The third-order valence-corrected chi connectivity index (χ3v) is 9.38. The largest absolute Gasteiger partial charge is 0.451 e. The number of hydrogen-bond donors (Lipinski definition) is 0. The Bertz CT molecular complexity index is 2760. The summed E-state index contributed by atoms with van der Waals surface area (Å²) in [6.07, 6.45) is 0. The number of rotatable bonds is 11. The van der Waals surface area contributed by atoms with Crippen molar-refractivity contribution in [1.29, 1.82) is 10.5 Å². The summed E-state index contributed by atoms with van der Waals surface area (Å²) in [5.74, 6) is 1.59. The van der Waals surface area contributed by atoms with Crippen LogP contribution in [0.25, 0.3) is 33.4 Å². The number of nitriles is 2. The third kappa shape index (κ3) is 7.76. The van der Waals surface area contributed by atoms with Crippen LogP contribution in [0.15, 0.2) is 188 Å². The Balaban J connectivity index is 1.42. The molecular weight excluding hydrogens is 728 g/mol. The molecule has 0 unspecified atom stereocenters. The van der Waals surface area contributed by atoms with Crippen molar-refractivity contribution in [3.8, 4) is 91.5 Å². The van der Waals surface area contributed by atoms with Gasteiger partial charge in [0.2, 0.25) is 11.5 Å². The molecule has 0 aliphatic carbocycles. The summed E-state index contributed by atoms with van der Waals surface area (Å²) < 4.78 is 27.3. The zero-order valence-corrected chi connectivity index (χ0v) is 31.1. The normalized spacial score (nSPS) is 10.5. The van der Waals surface area contributed by atoms with Crippen LogP contribution in [0.3, 0.4) is 0 Å². The number of nitrogens with zero attached hydrogens (tertiary/aromatic N) is 2. The Morgan fingerprint density at radius 2 is 0.649 bits per heavy atom. The van der Waals surface area contributed by atoms with Gasteiger partial charge in [0, 0.05) is 21.7 Å². The number of para-hydroxylation sites is 3. The van der Waals surface area contributed by atoms with E-state index in [9.17, 15) is 10.5 Å². The van der Waals surface area contributed by atoms with Gasteiger partial charge in [-0.2, -0.15) is 10.5 Å². The maximum atomic E-state index is 11.0. The summed E-state index contributed by atoms with van der Waals surface area (Å²) >= 11 is 6.31. The fourth-order valence-electron chi connectivity index (χ4n) is 6.44. The van der Waals surface area contributed by atoms with E-state index >= 15 is 0 Å². The van der Waals surface area contributed by atoms with Gasteiger partial charge in [-0.3, -0.25) is 0 Å². The van der Waals surface area contributed by atoms with Crippen LogP contribution < -0.4 is 18.9 Å². The number of ether oxygens (including phenoxy) is 4. The van der Waals surface area contributed by atoms with Crippen molar-refractivity contribution >= 4 is 11.6 Å². The molecule has 8 rings (SSSR count). The molecule has 0 heterocycles. The highest BCUT2D eigenvalue weighted by Gasteiger charge is 2.33. The van der Waals surface area contributed by atoms with Crippen LogP contribution in [0.4, 0.5) is 0 Å². The second-order valence-corrected chi connectivity index (χ2v) is 13.2. The molecule has 0 spiro atoms. The average Bonchev–Trinajstić information content (AvgIpc) is 3.27. The number of halogens is 1. The minimum atomic E-state index is -0.111. The van der Waals surface area contributed by atoms with Crippen molar-refractivity contribution in [1.82, 2.24) is 0 Å². The van der Waals surface area contributed by atoms with E-state index in [1.54, 1.807) is 36.4 Å². The Hall–Kier alpha value is -7.77. The Labute approximate surface area is 335 Å². The SMILES string of the molecule is N#Cc1c(C#N)c(Oc2ccccc2-c2ccccc2)c(Oc2ccccc2-c2ccccc2)c(Oc2ccc(Cl)cc2)c1Oc1ccccc1-c1ccccc1. The molecule has 0 atom stereocenters. The van der Waals surface area contributed by atoms with Crippen molar-refractivity contribution < 1.29 is 18.9 Å². The van der Waals surface area contributed by atoms with Crippen molar-refractivity contribution in [2.75, 3.05) is 0 Å². The van der Waals surface area contributed by atoms with Gasteiger partial charge in [-0.15, -0.1) is 0 Å². The van der Waals surface area contributed by atoms with Gasteiger partial charge in [0.15, 0.2) is 11.5 Å². The minimum Gasteiger partial charge on any atom is -0.451 e. The monoisotopic (exact) mass is 758 g/mol. The second kappa shape index (κ2) is 16.7. The lowest BCUT2D eigenvalue weighted by Gasteiger charge is -2.24. The highest BCUT2D eigenvalue weighted by atomic mass is 35.5. The number of hydrogen-bond acceptors (Lipinski definition) is 6. The van der Waals surface area contributed by atoms with Gasteiger partial charge < -0.3 is 18.9 Å². The molecule has 57 heavy (non-hydrogen) atoms. The first-order chi connectivity index (χ1) is 28.1. The van der Waals surface area contributed by atoms with Gasteiger partial charge in [0.25, 0.3) is 0 Å². The van der Waals surface area contributed by atoms with Crippen LogP contribution in [0.2, 0.25) is 5.02 Å². The van der Waals surface area contributed by atoms with Crippen LogP contribution in [0, 0.1) is 22.7 Å². The van der Waals surface area contributed by atoms with Crippen LogP contribution in [-0.2, 0) is 0 Å². The number of benzene rings is 8. The van der Waals surface area contributed by atoms with E-state index in [1.165, 1.54) is 0 Å². The zero-order chi connectivity index (χ0) is 39.0. The van der Waals surface area contributed by atoms with E-state index in [0.717, 1.165) is 33.4 Å². The molecule has 0 fully saturated rings. The van der Waals surface area contributed by atoms with E-state index in [-0.39, 0.29) is 34.1 Å². The predicted octanol–water partition coefficient (Wildman–Crippen LogP) is 14.3. The van der Waals surface area contributed by atoms with E-state index in [4.69, 9.17) is 30.5 Å². The minimum absolute atomic E-state index is 0.00536. The maximum Gasteiger partial charge on any atom is 0.217 e. The molecule has 0 N–H and O–H groups in total. The van der Waals surface area contributed by atoms with Gasteiger partial charge in [0.1, 0.15) is 46.3 Å². The van der Waals surface area contributed by atoms with E-state index < -0.39 is 0 Å². The average molecular weight is 759 g/mol. The molecule has 0 aliphatic heterocycles. The van der Waals surface area contributed by atoms with Crippen molar-refractivity contribution in [3.63, 3.8) is 0 Å². The molecule has 8 aromatic rings. The molecule has 6 nitrogen and oxygen atoms in total. The van der Waals surface area contributed by atoms with Crippen LogP contribution >= 0.6 is 11.6 Å². The van der Waals surface area contributed by atoms with E-state index in [0.29, 0.717) is 28.0 Å². The van der Waals surface area contributed by atoms with Crippen LogP contribution in [-0.4, -0.2) is 0 Å². The standard InChI is InChI=1S/C50H31ClN2O4/c51-37-28-30-38(31-29-37)54-49-47(55-44-25-13-10-22-39(44)34-16-4-1-5-17-34)42(32-52)43(33-53)48(56-45-26-14-11-23-40(45)35-18-6-2-7-19-35)50(49)57-46-27-15-12-24-41(46)36-20-8-3-9-21-36/h1-31H. The smallest absolute Gasteiger partial charge is 0.217 e. The lowest BCUT2D eigenvalue weighted by molar-refractivity contribution is 0.366. The summed E-state index contributed by atoms with van der Waals surface area (Å²) in [6.45, 7) is 0. The first-order valence-corrected chi connectivity index (χ1v) is 18.4. The lowest BCUT2D eigenvalue weighted by Crippen LogP contribution is -2.04. The topological polar surface area (TPSA) is 84.5 Å². The molecule has 0 bridgehead atoms. The van der Waals surface area contributed by atoms with Crippen LogP contribution in [0.5, 0.6) is 46.0 Å². The van der Waals surface area contributed by atoms with Crippen LogP contribution in [0.1, 0.15) is 11.1 Å². The molecule has 272 valence electrons. The molecule has 0 saturated carbocycles. The molecule has 0 aliphatic rings. The molecule has 8 aromatic carbocycles.